The predicted octanol–water partition coefficient (Wildman–Crippen LogP) is 3.17. The maximum Gasteiger partial charge on any atom is 0.229 e. The molecule has 4 aromatic rings. The van der Waals surface area contributed by atoms with Gasteiger partial charge in [-0.25, -0.2) is 9.19 Å². The molecule has 4 N–H and O–H groups in total. The number of thiol groups is 1. The Morgan fingerprint density at radius 1 is 1.19 bits per heavy atom. The van der Waals surface area contributed by atoms with E-state index in [9.17, 15) is 9.32 Å². The van der Waals surface area contributed by atoms with Crippen molar-refractivity contribution in [2.45, 2.75) is 17.9 Å². The molecule has 2 heterocycles. The minimum atomic E-state index is -2.13. The molecular weight excluding hydrogens is 414 g/mol. The Morgan fingerprint density at radius 3 is 2.68 bits per heavy atom. The summed E-state index contributed by atoms with van der Waals surface area (Å²) >= 11 is 0. The van der Waals surface area contributed by atoms with Crippen LogP contribution in [-0.2, 0) is 17.6 Å². The molecule has 0 aliphatic carbocycles. The van der Waals surface area contributed by atoms with Crippen LogP contribution in [0.2, 0.25) is 0 Å². The predicted molar refractivity (Wildman–Crippen MR) is 122 cm³/mol. The van der Waals surface area contributed by atoms with Gasteiger partial charge >= 0.3 is 0 Å². The Hall–Kier alpha value is -3.50. The topological polar surface area (TPSA) is 129 Å². The fourth-order valence-corrected chi connectivity index (χ4v) is 3.58. The molecule has 9 nitrogen and oxygen atoms in total. The number of aromatic nitrogens is 4. The van der Waals surface area contributed by atoms with Gasteiger partial charge in [0.25, 0.3) is 0 Å². The summed E-state index contributed by atoms with van der Waals surface area (Å²) < 4.78 is 20.4. The Labute approximate surface area is 181 Å². The third-order valence-electron chi connectivity index (χ3n) is 4.86. The summed E-state index contributed by atoms with van der Waals surface area (Å²) in [6.07, 6.45) is 3.55. The number of fused-ring (bicyclic) bond motifs is 1. The normalized spacial score (nSPS) is 13.1. The van der Waals surface area contributed by atoms with Gasteiger partial charge in [0.05, 0.1) is 28.9 Å². The molecule has 0 spiro atoms. The number of anilines is 3. The SMILES string of the molecule is C[C@H](CO)Nc1nc(Nc2ccc([SH](=N)=O)cc2)ncc1-c1ccc2cnn(C)c2c1. The second kappa shape index (κ2) is 8.70. The molecule has 31 heavy (non-hydrogen) atoms. The third-order valence-corrected chi connectivity index (χ3v) is 5.63. The van der Waals surface area contributed by atoms with Crippen molar-refractivity contribution in [3.05, 3.63) is 54.9 Å². The van der Waals surface area contributed by atoms with Gasteiger partial charge in [-0.1, -0.05) is 12.1 Å². The van der Waals surface area contributed by atoms with E-state index in [4.69, 9.17) is 4.78 Å². The van der Waals surface area contributed by atoms with Crippen LogP contribution in [0, 0.1) is 4.78 Å². The van der Waals surface area contributed by atoms with Crippen LogP contribution >= 0.6 is 0 Å². The van der Waals surface area contributed by atoms with Crippen LogP contribution in [0.25, 0.3) is 22.0 Å². The highest BCUT2D eigenvalue weighted by molar-refractivity contribution is 7.73. The number of hydrogen-bond acceptors (Lipinski definition) is 8. The molecule has 0 aliphatic rings. The van der Waals surface area contributed by atoms with Crippen molar-refractivity contribution in [2.24, 2.45) is 7.05 Å². The van der Waals surface area contributed by atoms with Crippen molar-refractivity contribution < 1.29 is 9.32 Å². The lowest BCUT2D eigenvalue weighted by atomic mass is 10.1. The van der Waals surface area contributed by atoms with E-state index >= 15 is 0 Å². The van der Waals surface area contributed by atoms with E-state index in [1.807, 2.05) is 43.0 Å². The molecule has 2 aromatic heterocycles. The number of benzene rings is 2. The summed E-state index contributed by atoms with van der Waals surface area (Å²) in [6, 6.07) is 12.6. The highest BCUT2D eigenvalue weighted by Gasteiger charge is 2.13. The average molecular weight is 438 g/mol. The van der Waals surface area contributed by atoms with Gasteiger partial charge in [-0.2, -0.15) is 10.1 Å². The first-order valence-electron chi connectivity index (χ1n) is 9.67. The minimum Gasteiger partial charge on any atom is -0.394 e. The molecule has 4 rings (SSSR count). The standard InChI is InChI=1S/C21H23N7O2S/c1-13(12-29)25-20-18(14-3-4-15-10-24-28(2)19(15)9-14)11-23-21(27-20)26-16-5-7-17(8-6-16)31(22)30/h3-11,13,22,29,31H,12H2,1-2H3,(H2,23,25,26,27)/t13-/m1/s1. The number of aliphatic hydroxyl groups excluding tert-OH is 1. The zero-order valence-electron chi connectivity index (χ0n) is 17.1. The second-order valence-electron chi connectivity index (χ2n) is 7.19. The summed E-state index contributed by atoms with van der Waals surface area (Å²) in [6.45, 7) is 1.82. The maximum atomic E-state index is 11.3. The van der Waals surface area contributed by atoms with E-state index in [0.29, 0.717) is 22.3 Å². The number of nitrogens with zero attached hydrogens (tertiary/aromatic N) is 4. The molecule has 2 atom stereocenters. The molecule has 0 amide bonds. The van der Waals surface area contributed by atoms with E-state index in [0.717, 1.165) is 22.0 Å². The van der Waals surface area contributed by atoms with Gasteiger partial charge < -0.3 is 15.7 Å². The van der Waals surface area contributed by atoms with Gasteiger partial charge in [-0.15, -0.1) is 0 Å². The summed E-state index contributed by atoms with van der Waals surface area (Å²) in [4.78, 5) is 9.53. The highest BCUT2D eigenvalue weighted by atomic mass is 32.2. The summed E-state index contributed by atoms with van der Waals surface area (Å²) in [7, 11) is -0.231. The Bertz CT molecular complexity index is 1290. The van der Waals surface area contributed by atoms with Gasteiger partial charge in [-0.3, -0.25) is 9.46 Å². The van der Waals surface area contributed by atoms with Crippen LogP contribution in [0.3, 0.4) is 0 Å². The van der Waals surface area contributed by atoms with Crippen LogP contribution in [0.1, 0.15) is 6.92 Å². The summed E-state index contributed by atoms with van der Waals surface area (Å²) in [5.41, 5.74) is 3.44. The molecule has 0 bridgehead atoms. The molecule has 2 aromatic carbocycles. The Morgan fingerprint density at radius 2 is 1.97 bits per heavy atom. The number of rotatable bonds is 7. The highest BCUT2D eigenvalue weighted by Crippen LogP contribution is 2.30. The third kappa shape index (κ3) is 4.49. The monoisotopic (exact) mass is 437 g/mol. The molecule has 1 unspecified atom stereocenters. The van der Waals surface area contributed by atoms with E-state index in [-0.39, 0.29) is 12.6 Å². The first kappa shape index (κ1) is 20.8. The number of hydrogen-bond donors (Lipinski definition) is 5. The first-order valence-corrected chi connectivity index (χ1v) is 10.9. The fraction of sp³-hybridized carbons (Fsp3) is 0.190. The van der Waals surface area contributed by atoms with Crippen LogP contribution in [0.4, 0.5) is 17.5 Å². The van der Waals surface area contributed by atoms with E-state index in [1.54, 1.807) is 30.5 Å². The first-order chi connectivity index (χ1) is 14.9. The van der Waals surface area contributed by atoms with E-state index in [1.165, 1.54) is 0 Å². The van der Waals surface area contributed by atoms with E-state index in [2.05, 4.69) is 25.7 Å². The van der Waals surface area contributed by atoms with Crippen molar-refractivity contribution in [1.29, 1.82) is 4.78 Å². The average Bonchev–Trinajstić information content (AvgIpc) is 3.14. The smallest absolute Gasteiger partial charge is 0.229 e. The number of aryl methyl sites for hydroxylation is 1. The quantitative estimate of drug-likeness (QED) is 0.281. The molecule has 10 heteroatoms. The van der Waals surface area contributed by atoms with Crippen LogP contribution in [-0.4, -0.2) is 41.7 Å². The molecule has 0 radical (unpaired) electrons. The largest absolute Gasteiger partial charge is 0.394 e. The van der Waals surface area contributed by atoms with Gasteiger partial charge in [0.1, 0.15) is 5.82 Å². The molecule has 0 saturated carbocycles. The lowest BCUT2D eigenvalue weighted by Gasteiger charge is -2.17. The number of nitrogens with one attached hydrogen (secondary N) is 3. The van der Waals surface area contributed by atoms with Crippen molar-refractivity contribution in [3.8, 4) is 11.1 Å². The van der Waals surface area contributed by atoms with Crippen LogP contribution < -0.4 is 10.6 Å². The molecule has 0 fully saturated rings. The van der Waals surface area contributed by atoms with Gasteiger partial charge in [-0.05, 0) is 42.8 Å². The van der Waals surface area contributed by atoms with Gasteiger partial charge in [0.15, 0.2) is 0 Å². The van der Waals surface area contributed by atoms with Crippen molar-refractivity contribution in [1.82, 2.24) is 19.7 Å². The Kier molecular flexibility index (Phi) is 5.83. The molecular formula is C21H23N7O2S. The van der Waals surface area contributed by atoms with Crippen LogP contribution in [0.5, 0.6) is 0 Å². The zero-order valence-corrected chi connectivity index (χ0v) is 18.0. The summed E-state index contributed by atoms with van der Waals surface area (Å²) in [5, 5.41) is 21.2. The number of aliphatic hydroxyl groups is 1. The second-order valence-corrected chi connectivity index (χ2v) is 8.30. The molecule has 0 aliphatic heterocycles. The Balaban J connectivity index is 1.70. The van der Waals surface area contributed by atoms with Crippen molar-refractivity contribution >= 4 is 39.0 Å². The maximum absolute atomic E-state index is 11.3. The van der Waals surface area contributed by atoms with Gasteiger partial charge in [0, 0.05) is 40.8 Å². The minimum absolute atomic E-state index is 0.0419. The fourth-order valence-electron chi connectivity index (χ4n) is 3.16. The van der Waals surface area contributed by atoms with Crippen molar-refractivity contribution in [3.63, 3.8) is 0 Å². The molecule has 160 valence electrons. The van der Waals surface area contributed by atoms with Crippen LogP contribution in [0.15, 0.2) is 59.8 Å². The lowest BCUT2D eigenvalue weighted by Crippen LogP contribution is -2.21. The van der Waals surface area contributed by atoms with Crippen molar-refractivity contribution in [2.75, 3.05) is 17.2 Å². The van der Waals surface area contributed by atoms with Gasteiger partial charge in [0.2, 0.25) is 5.95 Å². The molecule has 0 saturated heterocycles. The zero-order chi connectivity index (χ0) is 22.0. The van der Waals surface area contributed by atoms with E-state index < -0.39 is 10.6 Å². The lowest BCUT2D eigenvalue weighted by molar-refractivity contribution is 0.281. The summed E-state index contributed by atoms with van der Waals surface area (Å²) in [5.74, 6) is 0.965.